The van der Waals surface area contributed by atoms with Crippen molar-refractivity contribution in [3.8, 4) is 0 Å². The molecule has 0 aromatic carbocycles. The Labute approximate surface area is 66.9 Å². The SMILES string of the molecule is NC(CCCS(=O)O)C(=O)O. The second kappa shape index (κ2) is 5.22. The normalized spacial score (nSPS) is 15.8. The van der Waals surface area contributed by atoms with Crippen molar-refractivity contribution in [1.29, 1.82) is 0 Å². The first-order valence-electron chi connectivity index (χ1n) is 3.10. The van der Waals surface area contributed by atoms with Gasteiger partial charge in [0.15, 0.2) is 11.1 Å². The highest BCUT2D eigenvalue weighted by molar-refractivity contribution is 7.79. The number of aliphatic carboxylic acids is 1. The molecule has 0 aliphatic rings. The van der Waals surface area contributed by atoms with E-state index in [4.69, 9.17) is 15.4 Å². The zero-order valence-electron chi connectivity index (χ0n) is 5.90. The Kier molecular flexibility index (Phi) is 5.01. The number of rotatable bonds is 5. The Morgan fingerprint density at radius 2 is 2.18 bits per heavy atom. The number of carbonyl (C=O) groups is 1. The van der Waals surface area contributed by atoms with Gasteiger partial charge in [-0.15, -0.1) is 0 Å². The molecule has 2 atom stereocenters. The lowest BCUT2D eigenvalue weighted by Gasteiger charge is -2.03. The van der Waals surface area contributed by atoms with E-state index >= 15 is 0 Å². The molecule has 0 aromatic heterocycles. The minimum Gasteiger partial charge on any atom is -0.480 e. The van der Waals surface area contributed by atoms with Gasteiger partial charge in [0.1, 0.15) is 6.04 Å². The Morgan fingerprint density at radius 1 is 1.64 bits per heavy atom. The van der Waals surface area contributed by atoms with E-state index in [9.17, 15) is 9.00 Å². The minimum absolute atomic E-state index is 0.0843. The van der Waals surface area contributed by atoms with Crippen molar-refractivity contribution in [1.82, 2.24) is 0 Å². The van der Waals surface area contributed by atoms with Crippen molar-refractivity contribution >= 4 is 17.0 Å². The first-order valence-corrected chi connectivity index (χ1v) is 4.37. The summed E-state index contributed by atoms with van der Waals surface area (Å²) in [5, 5.41) is 8.28. The van der Waals surface area contributed by atoms with Gasteiger partial charge in [-0.2, -0.15) is 0 Å². The molecular formula is C5H11NO4S. The van der Waals surface area contributed by atoms with Crippen LogP contribution in [0.15, 0.2) is 0 Å². The summed E-state index contributed by atoms with van der Waals surface area (Å²) >= 11 is -1.84. The van der Waals surface area contributed by atoms with E-state index in [0.717, 1.165) is 0 Å². The summed E-state index contributed by atoms with van der Waals surface area (Å²) in [5.74, 6) is -0.991. The summed E-state index contributed by atoms with van der Waals surface area (Å²) in [6, 6.07) is -0.918. The van der Waals surface area contributed by atoms with Gasteiger partial charge in [-0.3, -0.25) is 4.79 Å². The molecule has 0 aliphatic heterocycles. The molecule has 0 aliphatic carbocycles. The lowest BCUT2D eigenvalue weighted by molar-refractivity contribution is -0.138. The molecule has 0 bridgehead atoms. The smallest absolute Gasteiger partial charge is 0.320 e. The maximum absolute atomic E-state index is 10.1. The van der Waals surface area contributed by atoms with E-state index in [-0.39, 0.29) is 12.2 Å². The van der Waals surface area contributed by atoms with Gasteiger partial charge in [0.2, 0.25) is 0 Å². The molecule has 0 amide bonds. The van der Waals surface area contributed by atoms with Crippen molar-refractivity contribution in [3.05, 3.63) is 0 Å². The summed E-state index contributed by atoms with van der Waals surface area (Å²) < 4.78 is 18.4. The van der Waals surface area contributed by atoms with E-state index in [1.807, 2.05) is 0 Å². The summed E-state index contributed by atoms with van der Waals surface area (Å²) in [7, 11) is 0. The van der Waals surface area contributed by atoms with Crippen LogP contribution in [0.3, 0.4) is 0 Å². The van der Waals surface area contributed by atoms with Crippen LogP contribution in [0.4, 0.5) is 0 Å². The molecule has 0 aromatic rings. The van der Waals surface area contributed by atoms with E-state index < -0.39 is 23.1 Å². The molecule has 6 heteroatoms. The molecule has 5 nitrogen and oxygen atoms in total. The summed E-state index contributed by atoms with van der Waals surface area (Å²) in [6.45, 7) is 0. The zero-order chi connectivity index (χ0) is 8.85. The fourth-order valence-electron chi connectivity index (χ4n) is 0.550. The lowest BCUT2D eigenvalue weighted by Crippen LogP contribution is -2.30. The quantitative estimate of drug-likeness (QED) is 0.492. The standard InChI is InChI=1S/C5H11NO4S/c6-4(5(7)8)2-1-3-11(9)10/h4H,1-3,6H2,(H,7,8)(H,9,10). The van der Waals surface area contributed by atoms with E-state index in [1.54, 1.807) is 0 Å². The van der Waals surface area contributed by atoms with Crippen molar-refractivity contribution in [2.45, 2.75) is 18.9 Å². The number of hydrogen-bond donors (Lipinski definition) is 3. The van der Waals surface area contributed by atoms with Crippen molar-refractivity contribution in [2.75, 3.05) is 5.75 Å². The van der Waals surface area contributed by atoms with Gasteiger partial charge in [-0.1, -0.05) is 0 Å². The van der Waals surface area contributed by atoms with Gasteiger partial charge in [0, 0.05) is 5.75 Å². The Bertz CT molecular complexity index is 161. The van der Waals surface area contributed by atoms with Crippen molar-refractivity contribution < 1.29 is 18.7 Å². The van der Waals surface area contributed by atoms with Crippen molar-refractivity contribution in [3.63, 3.8) is 0 Å². The first-order chi connectivity index (χ1) is 5.04. The van der Waals surface area contributed by atoms with Crippen LogP contribution in [-0.4, -0.2) is 31.6 Å². The number of carboxylic acid groups (broad SMARTS) is 1. The average molecular weight is 181 g/mol. The Balaban J connectivity index is 3.39. The largest absolute Gasteiger partial charge is 0.480 e. The molecule has 0 heterocycles. The maximum Gasteiger partial charge on any atom is 0.320 e. The van der Waals surface area contributed by atoms with Gasteiger partial charge >= 0.3 is 5.97 Å². The number of hydrogen-bond acceptors (Lipinski definition) is 3. The fourth-order valence-corrected chi connectivity index (χ4v) is 0.964. The van der Waals surface area contributed by atoms with E-state index in [1.165, 1.54) is 0 Å². The molecule has 0 saturated carbocycles. The van der Waals surface area contributed by atoms with E-state index in [0.29, 0.717) is 6.42 Å². The third-order valence-electron chi connectivity index (χ3n) is 1.15. The van der Waals surface area contributed by atoms with Crippen LogP contribution >= 0.6 is 0 Å². The van der Waals surface area contributed by atoms with Crippen LogP contribution < -0.4 is 5.73 Å². The molecule has 66 valence electrons. The third-order valence-corrected chi connectivity index (χ3v) is 1.79. The predicted molar refractivity (Wildman–Crippen MR) is 40.5 cm³/mol. The topological polar surface area (TPSA) is 101 Å². The molecular weight excluding hydrogens is 170 g/mol. The second-order valence-corrected chi connectivity index (χ2v) is 3.16. The highest BCUT2D eigenvalue weighted by Gasteiger charge is 2.10. The second-order valence-electron chi connectivity index (χ2n) is 2.11. The van der Waals surface area contributed by atoms with Crippen LogP contribution in [-0.2, 0) is 15.9 Å². The van der Waals surface area contributed by atoms with Gasteiger partial charge in [-0.05, 0) is 12.8 Å². The minimum atomic E-state index is -1.84. The van der Waals surface area contributed by atoms with Crippen molar-refractivity contribution in [2.24, 2.45) is 5.73 Å². The Morgan fingerprint density at radius 3 is 2.55 bits per heavy atom. The molecule has 0 radical (unpaired) electrons. The predicted octanol–water partition coefficient (Wildman–Crippen LogP) is -0.600. The summed E-state index contributed by atoms with van der Waals surface area (Å²) in [4.78, 5) is 10.1. The molecule has 0 fully saturated rings. The van der Waals surface area contributed by atoms with Crippen LogP contribution in [0.2, 0.25) is 0 Å². The molecule has 0 saturated heterocycles. The van der Waals surface area contributed by atoms with Crippen LogP contribution in [0.1, 0.15) is 12.8 Å². The lowest BCUT2D eigenvalue weighted by atomic mass is 10.2. The molecule has 11 heavy (non-hydrogen) atoms. The van der Waals surface area contributed by atoms with Gasteiger partial charge in [-0.25, -0.2) is 4.21 Å². The zero-order valence-corrected chi connectivity index (χ0v) is 6.71. The van der Waals surface area contributed by atoms with Crippen LogP contribution in [0, 0.1) is 0 Å². The maximum atomic E-state index is 10.1. The molecule has 0 spiro atoms. The monoisotopic (exact) mass is 181 g/mol. The molecule has 4 N–H and O–H groups in total. The van der Waals surface area contributed by atoms with E-state index in [2.05, 4.69) is 0 Å². The summed E-state index contributed by atoms with van der Waals surface area (Å²) in [5.41, 5.74) is 5.12. The third kappa shape index (κ3) is 5.96. The number of carboxylic acids is 1. The highest BCUT2D eigenvalue weighted by atomic mass is 32.2. The molecule has 2 unspecified atom stereocenters. The highest BCUT2D eigenvalue weighted by Crippen LogP contribution is 1.95. The molecule has 0 rings (SSSR count). The Hall–Kier alpha value is -0.460. The van der Waals surface area contributed by atoms with Gasteiger partial charge < -0.3 is 15.4 Å². The number of nitrogens with two attached hydrogens (primary N) is 1. The fraction of sp³-hybridized carbons (Fsp3) is 0.800. The first kappa shape index (κ1) is 10.5. The van der Waals surface area contributed by atoms with Gasteiger partial charge in [0.05, 0.1) is 0 Å². The van der Waals surface area contributed by atoms with Gasteiger partial charge in [0.25, 0.3) is 0 Å². The average Bonchev–Trinajstić information content (AvgIpc) is 1.86. The van der Waals surface area contributed by atoms with Crippen LogP contribution in [0.5, 0.6) is 0 Å². The summed E-state index contributed by atoms with van der Waals surface area (Å²) in [6.07, 6.45) is 0.595. The van der Waals surface area contributed by atoms with Crippen LogP contribution in [0.25, 0.3) is 0 Å².